The number of benzene rings is 1. The lowest BCUT2D eigenvalue weighted by Gasteiger charge is -2.17. The number of halogens is 1. The van der Waals surface area contributed by atoms with Gasteiger partial charge in [-0.2, -0.15) is 0 Å². The summed E-state index contributed by atoms with van der Waals surface area (Å²) in [5.41, 5.74) is 7.78. The maximum atomic E-state index is 12.3. The number of amides is 1. The highest BCUT2D eigenvalue weighted by Crippen LogP contribution is 2.33. The molecule has 0 aliphatic carbocycles. The van der Waals surface area contributed by atoms with Gasteiger partial charge in [-0.15, -0.1) is 0 Å². The van der Waals surface area contributed by atoms with Crippen LogP contribution < -0.4 is 10.6 Å². The van der Waals surface area contributed by atoms with Gasteiger partial charge in [-0.3, -0.25) is 9.69 Å². The van der Waals surface area contributed by atoms with Crippen LogP contribution in [0.1, 0.15) is 18.1 Å². The van der Waals surface area contributed by atoms with Gasteiger partial charge in [-0.1, -0.05) is 46.7 Å². The number of nitrogens with two attached hydrogens (primary N) is 1. The molecule has 7 heteroatoms. The van der Waals surface area contributed by atoms with Crippen LogP contribution in [-0.4, -0.2) is 21.6 Å². The fraction of sp³-hybridized carbons (Fsp3) is 0.267. The Morgan fingerprint density at radius 1 is 1.32 bits per heavy atom. The van der Waals surface area contributed by atoms with Crippen LogP contribution >= 0.6 is 27.7 Å². The fourth-order valence-corrected chi connectivity index (χ4v) is 3.19. The SMILES string of the molecule is CCSc1nc(N)c2c(n1)N(Cc1ccc(Br)cc1)C(=O)C2. The molecule has 2 heterocycles. The van der Waals surface area contributed by atoms with E-state index in [4.69, 9.17) is 5.73 Å². The predicted molar refractivity (Wildman–Crippen MR) is 91.9 cm³/mol. The van der Waals surface area contributed by atoms with Gasteiger partial charge in [0.1, 0.15) is 11.6 Å². The number of hydrogen-bond donors (Lipinski definition) is 1. The van der Waals surface area contributed by atoms with Crippen molar-refractivity contribution in [3.63, 3.8) is 0 Å². The van der Waals surface area contributed by atoms with Crippen LogP contribution in [0.5, 0.6) is 0 Å². The van der Waals surface area contributed by atoms with E-state index in [2.05, 4.69) is 25.9 Å². The Balaban J connectivity index is 1.94. The summed E-state index contributed by atoms with van der Waals surface area (Å²) in [6.45, 7) is 2.52. The van der Waals surface area contributed by atoms with E-state index in [1.807, 2.05) is 31.2 Å². The summed E-state index contributed by atoms with van der Waals surface area (Å²) in [4.78, 5) is 22.8. The van der Waals surface area contributed by atoms with Crippen molar-refractivity contribution in [2.24, 2.45) is 0 Å². The Kier molecular flexibility index (Phi) is 4.35. The molecule has 0 fully saturated rings. The van der Waals surface area contributed by atoms with E-state index in [0.29, 0.717) is 23.3 Å². The van der Waals surface area contributed by atoms with Crippen molar-refractivity contribution in [1.29, 1.82) is 0 Å². The summed E-state index contributed by atoms with van der Waals surface area (Å²) >= 11 is 4.93. The maximum absolute atomic E-state index is 12.3. The molecule has 114 valence electrons. The van der Waals surface area contributed by atoms with Crippen LogP contribution in [0, 0.1) is 0 Å². The van der Waals surface area contributed by atoms with E-state index < -0.39 is 0 Å². The number of anilines is 2. The monoisotopic (exact) mass is 378 g/mol. The van der Waals surface area contributed by atoms with Gasteiger partial charge in [-0.25, -0.2) is 9.97 Å². The molecule has 2 aromatic rings. The molecule has 0 bridgehead atoms. The van der Waals surface area contributed by atoms with E-state index in [1.54, 1.807) is 4.90 Å². The Morgan fingerprint density at radius 3 is 2.73 bits per heavy atom. The van der Waals surface area contributed by atoms with Gasteiger partial charge in [0.2, 0.25) is 5.91 Å². The van der Waals surface area contributed by atoms with Crippen molar-refractivity contribution in [3.8, 4) is 0 Å². The predicted octanol–water partition coefficient (Wildman–Crippen LogP) is 3.02. The molecule has 1 aliphatic heterocycles. The van der Waals surface area contributed by atoms with Gasteiger partial charge in [0.25, 0.3) is 0 Å². The number of thioether (sulfide) groups is 1. The summed E-state index contributed by atoms with van der Waals surface area (Å²) in [7, 11) is 0. The Labute approximate surface area is 141 Å². The lowest BCUT2D eigenvalue weighted by atomic mass is 10.2. The smallest absolute Gasteiger partial charge is 0.233 e. The van der Waals surface area contributed by atoms with Crippen LogP contribution in [0.15, 0.2) is 33.9 Å². The third kappa shape index (κ3) is 2.96. The molecule has 0 atom stereocenters. The lowest BCUT2D eigenvalue weighted by molar-refractivity contribution is -0.117. The number of carbonyl (C=O) groups excluding carboxylic acids is 1. The zero-order valence-electron chi connectivity index (χ0n) is 12.0. The third-order valence-electron chi connectivity index (χ3n) is 3.41. The molecule has 1 aromatic carbocycles. The molecule has 22 heavy (non-hydrogen) atoms. The normalized spacial score (nSPS) is 13.5. The quantitative estimate of drug-likeness (QED) is 0.653. The first kappa shape index (κ1) is 15.3. The number of nitrogens with zero attached hydrogens (tertiary/aromatic N) is 3. The van der Waals surface area contributed by atoms with Gasteiger partial charge in [0, 0.05) is 10.0 Å². The molecular formula is C15H15BrN4OS. The average Bonchev–Trinajstić information content (AvgIpc) is 2.79. The number of aromatic nitrogens is 2. The highest BCUT2D eigenvalue weighted by molar-refractivity contribution is 9.10. The standard InChI is InChI=1S/C15H15BrN4OS/c1-2-22-15-18-13(17)11-7-12(21)20(14(11)19-15)8-9-3-5-10(16)6-4-9/h3-6H,2,7-8H2,1H3,(H2,17,18,19). The minimum absolute atomic E-state index is 0.0116. The molecular weight excluding hydrogens is 364 g/mol. The van der Waals surface area contributed by atoms with E-state index >= 15 is 0 Å². The van der Waals surface area contributed by atoms with Gasteiger partial charge in [0.15, 0.2) is 5.16 Å². The maximum Gasteiger partial charge on any atom is 0.233 e. The second-order valence-corrected chi connectivity index (χ2v) is 7.06. The van der Waals surface area contributed by atoms with E-state index in [9.17, 15) is 4.79 Å². The third-order valence-corrected chi connectivity index (χ3v) is 4.67. The number of nitrogen functional groups attached to an aromatic ring is 1. The zero-order chi connectivity index (χ0) is 15.7. The van der Waals surface area contributed by atoms with Crippen LogP contribution in [0.4, 0.5) is 11.6 Å². The number of fused-ring (bicyclic) bond motifs is 1. The molecule has 0 saturated carbocycles. The Morgan fingerprint density at radius 2 is 2.05 bits per heavy atom. The average molecular weight is 379 g/mol. The van der Waals surface area contributed by atoms with E-state index in [0.717, 1.165) is 21.4 Å². The van der Waals surface area contributed by atoms with Crippen LogP contribution in [0.25, 0.3) is 0 Å². The van der Waals surface area contributed by atoms with E-state index in [1.165, 1.54) is 11.8 Å². The van der Waals surface area contributed by atoms with Gasteiger partial charge in [-0.05, 0) is 23.4 Å². The summed E-state index contributed by atoms with van der Waals surface area (Å²) in [5.74, 6) is 1.93. The van der Waals surface area contributed by atoms with E-state index in [-0.39, 0.29) is 12.3 Å². The fourth-order valence-electron chi connectivity index (χ4n) is 2.35. The second-order valence-electron chi connectivity index (χ2n) is 4.91. The highest BCUT2D eigenvalue weighted by Gasteiger charge is 2.31. The molecule has 5 nitrogen and oxygen atoms in total. The number of hydrogen-bond acceptors (Lipinski definition) is 5. The van der Waals surface area contributed by atoms with Crippen molar-refractivity contribution in [3.05, 3.63) is 39.9 Å². The molecule has 0 radical (unpaired) electrons. The van der Waals surface area contributed by atoms with Crippen molar-refractivity contribution in [2.75, 3.05) is 16.4 Å². The largest absolute Gasteiger partial charge is 0.383 e. The molecule has 1 aromatic heterocycles. The molecule has 0 unspecified atom stereocenters. The molecule has 1 aliphatic rings. The summed E-state index contributed by atoms with van der Waals surface area (Å²) in [5, 5.41) is 0.620. The molecule has 0 spiro atoms. The van der Waals surface area contributed by atoms with Gasteiger partial charge < -0.3 is 5.73 Å². The Bertz CT molecular complexity index is 720. The number of rotatable bonds is 4. The van der Waals surface area contributed by atoms with Gasteiger partial charge in [0.05, 0.1) is 13.0 Å². The second kappa shape index (κ2) is 6.26. The molecule has 2 N–H and O–H groups in total. The van der Waals surface area contributed by atoms with Gasteiger partial charge >= 0.3 is 0 Å². The van der Waals surface area contributed by atoms with Crippen molar-refractivity contribution in [2.45, 2.75) is 25.0 Å². The zero-order valence-corrected chi connectivity index (χ0v) is 14.4. The highest BCUT2D eigenvalue weighted by atomic mass is 79.9. The van der Waals surface area contributed by atoms with Crippen molar-refractivity contribution in [1.82, 2.24) is 9.97 Å². The van der Waals surface area contributed by atoms with Crippen molar-refractivity contribution >= 4 is 45.2 Å². The topological polar surface area (TPSA) is 72.1 Å². The molecule has 1 amide bonds. The van der Waals surface area contributed by atoms with Crippen LogP contribution in [0.3, 0.4) is 0 Å². The summed E-state index contributed by atoms with van der Waals surface area (Å²) < 4.78 is 1.01. The van der Waals surface area contributed by atoms with Crippen molar-refractivity contribution < 1.29 is 4.79 Å². The van der Waals surface area contributed by atoms with Crippen LogP contribution in [-0.2, 0) is 17.8 Å². The lowest BCUT2D eigenvalue weighted by Crippen LogP contribution is -2.26. The minimum Gasteiger partial charge on any atom is -0.383 e. The number of carbonyl (C=O) groups is 1. The minimum atomic E-state index is 0.0116. The first-order chi connectivity index (χ1) is 10.6. The first-order valence-electron chi connectivity index (χ1n) is 6.92. The first-order valence-corrected chi connectivity index (χ1v) is 8.70. The van der Waals surface area contributed by atoms with Crippen LogP contribution in [0.2, 0.25) is 0 Å². The Hall–Kier alpha value is -1.60. The molecule has 0 saturated heterocycles. The summed E-state index contributed by atoms with van der Waals surface area (Å²) in [6, 6.07) is 7.90. The summed E-state index contributed by atoms with van der Waals surface area (Å²) in [6.07, 6.45) is 0.273. The molecule has 3 rings (SSSR count).